The van der Waals surface area contributed by atoms with Crippen LogP contribution in [0.1, 0.15) is 5.56 Å². The molecule has 0 bridgehead atoms. The summed E-state index contributed by atoms with van der Waals surface area (Å²) in [6.45, 7) is 0.682. The molecule has 7 nitrogen and oxygen atoms in total. The normalized spacial score (nSPS) is 11.0. The molecule has 0 spiro atoms. The van der Waals surface area contributed by atoms with Gasteiger partial charge in [-0.3, -0.25) is 4.72 Å². The molecular weight excluding hydrogens is 330 g/mol. The van der Waals surface area contributed by atoms with Crippen molar-refractivity contribution in [2.24, 2.45) is 0 Å². The van der Waals surface area contributed by atoms with Gasteiger partial charge in [-0.1, -0.05) is 6.07 Å². The van der Waals surface area contributed by atoms with Gasteiger partial charge < -0.3 is 14.8 Å². The first kappa shape index (κ1) is 17.9. The van der Waals surface area contributed by atoms with Crippen LogP contribution in [-0.2, 0) is 16.4 Å². The molecular formula is C16H21N3O4S. The number of nitrogens with zero attached hydrogens (tertiary/aromatic N) is 1. The summed E-state index contributed by atoms with van der Waals surface area (Å²) in [6, 6.07) is 9.18. The minimum atomic E-state index is -3.29. The molecule has 0 saturated carbocycles. The third-order valence-electron chi connectivity index (χ3n) is 3.23. The van der Waals surface area contributed by atoms with Gasteiger partial charge in [0.25, 0.3) is 0 Å². The SMILES string of the molecule is COc1ccc(CCNc2ccc(NS(C)(=O)=O)cn2)cc1OC. The lowest BCUT2D eigenvalue weighted by molar-refractivity contribution is 0.354. The highest BCUT2D eigenvalue weighted by Crippen LogP contribution is 2.27. The number of sulfonamides is 1. The minimum absolute atomic E-state index is 0.433. The zero-order valence-electron chi connectivity index (χ0n) is 13.9. The quantitative estimate of drug-likeness (QED) is 0.757. The Hall–Kier alpha value is -2.48. The van der Waals surface area contributed by atoms with Gasteiger partial charge in [0.2, 0.25) is 10.0 Å². The van der Waals surface area contributed by atoms with E-state index in [0.717, 1.165) is 18.2 Å². The molecule has 1 aromatic carbocycles. The highest BCUT2D eigenvalue weighted by Gasteiger charge is 2.05. The third-order valence-corrected chi connectivity index (χ3v) is 3.84. The molecule has 0 unspecified atom stereocenters. The van der Waals surface area contributed by atoms with Gasteiger partial charge in [0.05, 0.1) is 32.4 Å². The average molecular weight is 351 g/mol. The summed E-state index contributed by atoms with van der Waals surface area (Å²) < 4.78 is 35.1. The van der Waals surface area contributed by atoms with Crippen molar-refractivity contribution in [3.8, 4) is 11.5 Å². The highest BCUT2D eigenvalue weighted by atomic mass is 32.2. The standard InChI is InChI=1S/C16H21N3O4S/c1-22-14-6-4-12(10-15(14)23-2)8-9-17-16-7-5-13(11-18-16)19-24(3,20)21/h4-7,10-11,19H,8-9H2,1-3H3,(H,17,18). The van der Waals surface area contributed by atoms with Crippen LogP contribution in [0.2, 0.25) is 0 Å². The molecule has 2 aromatic rings. The van der Waals surface area contributed by atoms with Crippen molar-refractivity contribution < 1.29 is 17.9 Å². The molecule has 0 amide bonds. The summed E-state index contributed by atoms with van der Waals surface area (Å²) in [5.41, 5.74) is 1.54. The van der Waals surface area contributed by atoms with Gasteiger partial charge in [0, 0.05) is 6.54 Å². The molecule has 1 aromatic heterocycles. The first-order valence-electron chi connectivity index (χ1n) is 7.30. The summed E-state index contributed by atoms with van der Waals surface area (Å²) in [5, 5.41) is 3.19. The first-order chi connectivity index (χ1) is 11.4. The second-order valence-electron chi connectivity index (χ2n) is 5.17. The molecule has 0 radical (unpaired) electrons. The van der Waals surface area contributed by atoms with Crippen LogP contribution in [0.15, 0.2) is 36.5 Å². The maximum Gasteiger partial charge on any atom is 0.229 e. The lowest BCUT2D eigenvalue weighted by Gasteiger charge is -2.10. The Kier molecular flexibility index (Phi) is 5.86. The van der Waals surface area contributed by atoms with Crippen LogP contribution in [0.5, 0.6) is 11.5 Å². The molecule has 2 N–H and O–H groups in total. The predicted molar refractivity (Wildman–Crippen MR) is 94.4 cm³/mol. The van der Waals surface area contributed by atoms with E-state index in [1.54, 1.807) is 26.4 Å². The second-order valence-corrected chi connectivity index (χ2v) is 6.92. The number of pyridine rings is 1. The average Bonchev–Trinajstić information content (AvgIpc) is 2.55. The Bertz CT molecular complexity index is 776. The van der Waals surface area contributed by atoms with E-state index in [9.17, 15) is 8.42 Å². The van der Waals surface area contributed by atoms with Crippen LogP contribution in [-0.4, -0.2) is 40.4 Å². The van der Waals surface area contributed by atoms with Crippen LogP contribution in [0, 0.1) is 0 Å². The molecule has 0 atom stereocenters. The Morgan fingerprint density at radius 3 is 2.42 bits per heavy atom. The number of rotatable bonds is 8. The van der Waals surface area contributed by atoms with E-state index in [0.29, 0.717) is 29.5 Å². The molecule has 0 aliphatic heterocycles. The van der Waals surface area contributed by atoms with Crippen LogP contribution >= 0.6 is 0 Å². The van der Waals surface area contributed by atoms with E-state index in [2.05, 4.69) is 15.0 Å². The molecule has 0 fully saturated rings. The van der Waals surface area contributed by atoms with Gasteiger partial charge >= 0.3 is 0 Å². The highest BCUT2D eigenvalue weighted by molar-refractivity contribution is 7.92. The minimum Gasteiger partial charge on any atom is -0.493 e. The molecule has 0 aliphatic carbocycles. The molecule has 8 heteroatoms. The Labute approximate surface area is 142 Å². The van der Waals surface area contributed by atoms with Crippen LogP contribution in [0.25, 0.3) is 0 Å². The van der Waals surface area contributed by atoms with Gasteiger partial charge in [-0.2, -0.15) is 0 Å². The van der Waals surface area contributed by atoms with Gasteiger partial charge in [0.1, 0.15) is 5.82 Å². The largest absolute Gasteiger partial charge is 0.493 e. The summed E-state index contributed by atoms with van der Waals surface area (Å²) in [4.78, 5) is 4.17. The monoisotopic (exact) mass is 351 g/mol. The summed E-state index contributed by atoms with van der Waals surface area (Å²) >= 11 is 0. The van der Waals surface area contributed by atoms with Gasteiger partial charge in [-0.25, -0.2) is 13.4 Å². The van der Waals surface area contributed by atoms with E-state index in [-0.39, 0.29) is 0 Å². The smallest absolute Gasteiger partial charge is 0.229 e. The van der Waals surface area contributed by atoms with Crippen molar-refractivity contribution in [2.75, 3.05) is 37.1 Å². The second kappa shape index (κ2) is 7.87. The number of anilines is 2. The maximum atomic E-state index is 11.1. The van der Waals surface area contributed by atoms with Crippen LogP contribution < -0.4 is 19.5 Å². The van der Waals surface area contributed by atoms with Gasteiger partial charge in [0.15, 0.2) is 11.5 Å². The number of nitrogens with one attached hydrogen (secondary N) is 2. The van der Waals surface area contributed by atoms with E-state index >= 15 is 0 Å². The fourth-order valence-electron chi connectivity index (χ4n) is 2.14. The van der Waals surface area contributed by atoms with E-state index in [1.807, 2.05) is 18.2 Å². The molecule has 24 heavy (non-hydrogen) atoms. The van der Waals surface area contributed by atoms with Crippen molar-refractivity contribution in [2.45, 2.75) is 6.42 Å². The number of ether oxygens (including phenoxy) is 2. The molecule has 2 rings (SSSR count). The summed E-state index contributed by atoms with van der Waals surface area (Å²) in [5.74, 6) is 2.07. The Morgan fingerprint density at radius 2 is 1.83 bits per heavy atom. The van der Waals surface area contributed by atoms with E-state index < -0.39 is 10.0 Å². The Morgan fingerprint density at radius 1 is 1.08 bits per heavy atom. The number of methoxy groups -OCH3 is 2. The summed E-state index contributed by atoms with van der Waals surface area (Å²) in [7, 11) is -0.0767. The van der Waals surface area contributed by atoms with E-state index in [4.69, 9.17) is 9.47 Å². The summed E-state index contributed by atoms with van der Waals surface area (Å²) in [6.07, 6.45) is 3.35. The van der Waals surface area contributed by atoms with Crippen molar-refractivity contribution in [1.29, 1.82) is 0 Å². The van der Waals surface area contributed by atoms with Gasteiger partial charge in [-0.15, -0.1) is 0 Å². The van der Waals surface area contributed by atoms with Crippen LogP contribution in [0.3, 0.4) is 0 Å². The van der Waals surface area contributed by atoms with Crippen LogP contribution in [0.4, 0.5) is 11.5 Å². The fourth-order valence-corrected chi connectivity index (χ4v) is 2.69. The zero-order chi connectivity index (χ0) is 17.6. The lowest BCUT2D eigenvalue weighted by Crippen LogP contribution is -2.10. The van der Waals surface area contributed by atoms with Gasteiger partial charge in [-0.05, 0) is 36.2 Å². The predicted octanol–water partition coefficient (Wildman–Crippen LogP) is 2.12. The van der Waals surface area contributed by atoms with Crippen molar-refractivity contribution in [1.82, 2.24) is 4.98 Å². The third kappa shape index (κ3) is 5.31. The number of benzene rings is 1. The molecule has 0 saturated heterocycles. The van der Waals surface area contributed by atoms with E-state index in [1.165, 1.54) is 6.20 Å². The molecule has 0 aliphatic rings. The molecule has 1 heterocycles. The Balaban J connectivity index is 1.90. The number of hydrogen-bond acceptors (Lipinski definition) is 6. The lowest BCUT2D eigenvalue weighted by atomic mass is 10.1. The maximum absolute atomic E-state index is 11.1. The fraction of sp³-hybridized carbons (Fsp3) is 0.312. The van der Waals surface area contributed by atoms with Crippen molar-refractivity contribution in [3.63, 3.8) is 0 Å². The number of hydrogen-bond donors (Lipinski definition) is 2. The van der Waals surface area contributed by atoms with Crippen molar-refractivity contribution >= 4 is 21.5 Å². The molecule has 130 valence electrons. The zero-order valence-corrected chi connectivity index (χ0v) is 14.7. The van der Waals surface area contributed by atoms with Crippen molar-refractivity contribution in [3.05, 3.63) is 42.1 Å². The first-order valence-corrected chi connectivity index (χ1v) is 9.19. The number of aromatic nitrogens is 1. The topological polar surface area (TPSA) is 89.6 Å².